The van der Waals surface area contributed by atoms with Crippen LogP contribution in [0.1, 0.15) is 96.6 Å². The van der Waals surface area contributed by atoms with Gasteiger partial charge in [-0.1, -0.05) is 82.6 Å². The van der Waals surface area contributed by atoms with E-state index in [4.69, 9.17) is 18.4 Å². The standard InChI is InChI=1S/C24H31NO3.C16H17NO3.C9H18O3S.CH4/c1-3-17-7-10-21(11-8-17)28-23-6-4-5-19-13-18(9-12-22(19)23)14-25-15-20(16-25)24(26)27-2;1-20-16(19)13-9-17(10-13)8-11-5-6-14-12(7-11)3-2-4-15(14)18;1-3-8-4-6-9(7-5-8)12-13(2,10)11;/h4-6,9,12-13,17,20-21H,3,7-8,10-11,14-16H2,1-2H3;2-7,13,18H,8-10H2,1H3;8-9H,3-7H2,1-2H3;1H4. The van der Waals surface area contributed by atoms with E-state index in [9.17, 15) is 23.1 Å². The topological polar surface area (TPSA) is 132 Å². The number of ether oxygens (including phenoxy) is 3. The van der Waals surface area contributed by atoms with E-state index in [1.54, 1.807) is 6.07 Å². The zero-order chi connectivity index (χ0) is 43.5. The molecule has 0 amide bonds. The molecule has 2 aliphatic heterocycles. The van der Waals surface area contributed by atoms with Crippen LogP contribution in [0.5, 0.6) is 11.5 Å². The Balaban J connectivity index is 0.000000187. The molecule has 4 aromatic carbocycles. The summed E-state index contributed by atoms with van der Waals surface area (Å²) >= 11 is 0. The molecule has 1 N–H and O–H groups in total. The number of hydrogen-bond acceptors (Lipinski definition) is 11. The smallest absolute Gasteiger partial charge is 0.311 e. The third-order valence-electron chi connectivity index (χ3n) is 13.0. The minimum absolute atomic E-state index is 0. The number of carbonyl (C=O) groups is 2. The van der Waals surface area contributed by atoms with E-state index in [0.29, 0.717) is 11.9 Å². The molecule has 0 unspecified atom stereocenters. The molecule has 4 aromatic rings. The largest absolute Gasteiger partial charge is 0.507 e. The summed E-state index contributed by atoms with van der Waals surface area (Å²) in [6.07, 6.45) is 12.8. The molecule has 4 aliphatic rings. The average Bonchev–Trinajstić information content (AvgIpc) is 3.23. The Bertz CT molecular complexity index is 2170. The van der Waals surface area contributed by atoms with Crippen LogP contribution in [0.25, 0.3) is 21.5 Å². The Morgan fingerprint density at radius 2 is 1.10 bits per heavy atom. The van der Waals surface area contributed by atoms with Gasteiger partial charge in [0.15, 0.2) is 0 Å². The summed E-state index contributed by atoms with van der Waals surface area (Å²) in [6, 6.07) is 24.6. The number of phenolic OH excluding ortho intramolecular Hbond substituents is 1. The van der Waals surface area contributed by atoms with E-state index in [2.05, 4.69) is 66.1 Å². The highest BCUT2D eigenvalue weighted by atomic mass is 32.2. The SMILES string of the molecule is C.CCC1CCC(OS(C)(=O)=O)CC1.CCC1CCC(Oc2cccc3cc(CN4CC(C(=O)OC)C4)ccc23)CC1.COC(=O)C1CN(Cc2ccc3c(O)cccc3c2)C1. The van der Waals surface area contributed by atoms with E-state index < -0.39 is 10.1 Å². The molecule has 2 aliphatic carbocycles. The number of rotatable bonds is 12. The minimum Gasteiger partial charge on any atom is -0.507 e. The fourth-order valence-electron chi connectivity index (χ4n) is 9.19. The van der Waals surface area contributed by atoms with Crippen LogP contribution in [0.3, 0.4) is 0 Å². The Kier molecular flexibility index (Phi) is 18.0. The number of methoxy groups -OCH3 is 2. The Morgan fingerprint density at radius 3 is 1.56 bits per heavy atom. The number of esters is 2. The molecule has 62 heavy (non-hydrogen) atoms. The summed E-state index contributed by atoms with van der Waals surface area (Å²) < 4.78 is 42.6. The van der Waals surface area contributed by atoms with Gasteiger partial charge in [0.25, 0.3) is 10.1 Å². The number of aromatic hydroxyl groups is 1. The van der Waals surface area contributed by atoms with Crippen molar-refractivity contribution in [2.75, 3.05) is 46.7 Å². The van der Waals surface area contributed by atoms with Crippen LogP contribution in [-0.2, 0) is 46.5 Å². The summed E-state index contributed by atoms with van der Waals surface area (Å²) in [5, 5.41) is 14.1. The molecule has 4 fully saturated rings. The number of fused-ring (bicyclic) bond motifs is 2. The second kappa shape index (κ2) is 22.9. The number of phenols is 1. The van der Waals surface area contributed by atoms with Gasteiger partial charge < -0.3 is 19.3 Å². The van der Waals surface area contributed by atoms with Crippen LogP contribution < -0.4 is 4.74 Å². The maximum atomic E-state index is 11.5. The van der Waals surface area contributed by atoms with Gasteiger partial charge in [-0.25, -0.2) is 0 Å². The van der Waals surface area contributed by atoms with Gasteiger partial charge in [0.1, 0.15) is 11.5 Å². The highest BCUT2D eigenvalue weighted by Gasteiger charge is 2.34. The maximum Gasteiger partial charge on any atom is 0.311 e. The van der Waals surface area contributed by atoms with E-state index >= 15 is 0 Å². The Labute approximate surface area is 370 Å². The Hall–Kier alpha value is -4.23. The van der Waals surface area contributed by atoms with Crippen molar-refractivity contribution in [1.29, 1.82) is 0 Å². The van der Waals surface area contributed by atoms with Gasteiger partial charge in [0, 0.05) is 50.0 Å². The van der Waals surface area contributed by atoms with Crippen molar-refractivity contribution in [2.24, 2.45) is 23.7 Å². The molecular formula is C50H70N2O9S. The van der Waals surface area contributed by atoms with Crippen LogP contribution in [0.15, 0.2) is 72.8 Å². The first-order chi connectivity index (χ1) is 29.3. The molecule has 8 rings (SSSR count). The molecule has 0 spiro atoms. The second-order valence-corrected chi connectivity index (χ2v) is 19.1. The zero-order valence-electron chi connectivity index (χ0n) is 36.7. The number of nitrogens with zero attached hydrogens (tertiary/aromatic N) is 2. The third-order valence-corrected chi connectivity index (χ3v) is 13.6. The first kappa shape index (κ1) is 48.8. The normalized spacial score (nSPS) is 22.1. The van der Waals surface area contributed by atoms with E-state index in [-0.39, 0.29) is 37.3 Å². The molecule has 2 saturated heterocycles. The summed E-state index contributed by atoms with van der Waals surface area (Å²) in [4.78, 5) is 27.4. The summed E-state index contributed by atoms with van der Waals surface area (Å²) in [6.45, 7) is 9.25. The molecule has 0 radical (unpaired) electrons. The van der Waals surface area contributed by atoms with Gasteiger partial charge in [0.2, 0.25) is 0 Å². The number of carbonyl (C=O) groups excluding carboxylic acids is 2. The summed E-state index contributed by atoms with van der Waals surface area (Å²) in [5.41, 5.74) is 2.46. The molecule has 340 valence electrons. The highest BCUT2D eigenvalue weighted by Crippen LogP contribution is 2.34. The fourth-order valence-corrected chi connectivity index (χ4v) is 9.87. The lowest BCUT2D eigenvalue weighted by molar-refractivity contribution is -0.152. The monoisotopic (exact) mass is 874 g/mol. The van der Waals surface area contributed by atoms with Crippen LogP contribution in [0, 0.1) is 23.7 Å². The fraction of sp³-hybridized carbons (Fsp3) is 0.560. The van der Waals surface area contributed by atoms with Crippen molar-refractivity contribution in [3.8, 4) is 11.5 Å². The van der Waals surface area contributed by atoms with Gasteiger partial charge in [0.05, 0.1) is 44.5 Å². The lowest BCUT2D eigenvalue weighted by Crippen LogP contribution is -2.49. The van der Waals surface area contributed by atoms with Crippen molar-refractivity contribution in [2.45, 2.75) is 111 Å². The van der Waals surface area contributed by atoms with Gasteiger partial charge in [-0.2, -0.15) is 8.42 Å². The van der Waals surface area contributed by atoms with E-state index in [0.717, 1.165) is 99.6 Å². The lowest BCUT2D eigenvalue weighted by atomic mass is 9.86. The van der Waals surface area contributed by atoms with Crippen molar-refractivity contribution in [3.63, 3.8) is 0 Å². The van der Waals surface area contributed by atoms with Crippen molar-refractivity contribution in [3.05, 3.63) is 83.9 Å². The van der Waals surface area contributed by atoms with Crippen molar-refractivity contribution >= 4 is 43.6 Å². The first-order valence-electron chi connectivity index (χ1n) is 22.2. The second-order valence-electron chi connectivity index (χ2n) is 17.5. The molecule has 0 atom stereocenters. The summed E-state index contributed by atoms with van der Waals surface area (Å²) in [7, 11) is -0.355. The van der Waals surface area contributed by atoms with Crippen molar-refractivity contribution in [1.82, 2.24) is 9.80 Å². The molecule has 12 heteroatoms. The molecule has 11 nitrogen and oxygen atoms in total. The van der Waals surface area contributed by atoms with Gasteiger partial charge >= 0.3 is 11.9 Å². The van der Waals surface area contributed by atoms with Crippen molar-refractivity contribution < 1.29 is 41.5 Å². The predicted octanol–water partition coefficient (Wildman–Crippen LogP) is 9.51. The first-order valence-corrected chi connectivity index (χ1v) is 24.0. The molecular weight excluding hydrogens is 805 g/mol. The van der Waals surface area contributed by atoms with Crippen LogP contribution in [0.2, 0.25) is 0 Å². The van der Waals surface area contributed by atoms with Crippen LogP contribution >= 0.6 is 0 Å². The van der Waals surface area contributed by atoms with Gasteiger partial charge in [-0.15, -0.1) is 0 Å². The Morgan fingerprint density at radius 1 is 0.645 bits per heavy atom. The van der Waals surface area contributed by atoms with Crippen LogP contribution in [0.4, 0.5) is 0 Å². The average molecular weight is 875 g/mol. The van der Waals surface area contributed by atoms with E-state index in [1.165, 1.54) is 74.6 Å². The zero-order valence-corrected chi connectivity index (χ0v) is 37.5. The minimum atomic E-state index is -3.25. The third kappa shape index (κ3) is 13.6. The molecule has 2 saturated carbocycles. The highest BCUT2D eigenvalue weighted by molar-refractivity contribution is 7.86. The number of hydrogen-bond donors (Lipinski definition) is 1. The predicted molar refractivity (Wildman–Crippen MR) is 246 cm³/mol. The number of likely N-dealkylation sites (tertiary alicyclic amines) is 2. The maximum absolute atomic E-state index is 11.5. The van der Waals surface area contributed by atoms with Gasteiger partial charge in [-0.3, -0.25) is 23.6 Å². The molecule has 2 heterocycles. The van der Waals surface area contributed by atoms with Crippen LogP contribution in [-0.4, -0.2) is 94.1 Å². The quantitative estimate of drug-likeness (QED) is 0.108. The van der Waals surface area contributed by atoms with Gasteiger partial charge in [-0.05, 0) is 109 Å². The summed E-state index contributed by atoms with van der Waals surface area (Å²) in [5.74, 6) is 2.82. The molecule has 0 bridgehead atoms. The number of benzene rings is 4. The lowest BCUT2D eigenvalue weighted by Gasteiger charge is -2.37. The molecule has 0 aromatic heterocycles. The van der Waals surface area contributed by atoms with E-state index in [1.807, 2.05) is 24.3 Å².